The third kappa shape index (κ3) is 3.41. The molecule has 0 bridgehead atoms. The van der Waals surface area contributed by atoms with Crippen LogP contribution in [-0.4, -0.2) is 19.0 Å². The smallest absolute Gasteiger partial charge is 0.282 e. The van der Waals surface area contributed by atoms with Crippen molar-refractivity contribution in [1.82, 2.24) is 0 Å². The first kappa shape index (κ1) is 17.2. The molecule has 2 aromatic carbocycles. The zero-order valence-corrected chi connectivity index (χ0v) is 14.7. The number of rotatable bonds is 4. The molecule has 0 radical (unpaired) electrons. The summed E-state index contributed by atoms with van der Waals surface area (Å²) in [6.45, 7) is 2.87. The molecular formula is C18H18Cl2FN2O+. The van der Waals surface area contributed by atoms with Gasteiger partial charge in [0.15, 0.2) is 6.54 Å². The van der Waals surface area contributed by atoms with Crippen LogP contribution < -0.4 is 10.2 Å². The van der Waals surface area contributed by atoms with Gasteiger partial charge >= 0.3 is 0 Å². The Morgan fingerprint density at radius 1 is 1.29 bits per heavy atom. The van der Waals surface area contributed by atoms with Crippen LogP contribution in [0.5, 0.6) is 0 Å². The molecule has 0 aliphatic carbocycles. The van der Waals surface area contributed by atoms with Crippen LogP contribution in [0.15, 0.2) is 36.4 Å². The Morgan fingerprint density at radius 3 is 2.83 bits per heavy atom. The summed E-state index contributed by atoms with van der Waals surface area (Å²) in [7, 11) is 0. The van der Waals surface area contributed by atoms with Crippen LogP contribution in [0.1, 0.15) is 24.1 Å². The van der Waals surface area contributed by atoms with E-state index in [4.69, 9.17) is 23.2 Å². The summed E-state index contributed by atoms with van der Waals surface area (Å²) < 4.78 is 13.6. The zero-order chi connectivity index (χ0) is 17.3. The Labute approximate surface area is 150 Å². The zero-order valence-electron chi connectivity index (χ0n) is 13.2. The number of amides is 1. The van der Waals surface area contributed by atoms with E-state index in [9.17, 15) is 9.18 Å². The molecule has 126 valence electrons. The van der Waals surface area contributed by atoms with Gasteiger partial charge in [-0.25, -0.2) is 4.39 Å². The van der Waals surface area contributed by atoms with Gasteiger partial charge in [0, 0.05) is 17.8 Å². The second kappa shape index (κ2) is 7.09. The molecule has 1 aliphatic heterocycles. The van der Waals surface area contributed by atoms with Gasteiger partial charge in [0.2, 0.25) is 0 Å². The van der Waals surface area contributed by atoms with E-state index in [1.807, 2.05) is 41.4 Å². The minimum Gasteiger partial charge on any atom is -0.332 e. The van der Waals surface area contributed by atoms with Gasteiger partial charge in [-0.1, -0.05) is 41.4 Å². The van der Waals surface area contributed by atoms with Gasteiger partial charge in [-0.05, 0) is 37.1 Å². The van der Waals surface area contributed by atoms with Crippen LogP contribution in [0, 0.1) is 5.82 Å². The van der Waals surface area contributed by atoms with Gasteiger partial charge in [0.25, 0.3) is 5.91 Å². The predicted molar refractivity (Wildman–Crippen MR) is 94.1 cm³/mol. The standard InChI is InChI=1S/C18H17Cl2FN2O/c1-11(13-8-16(21)15(20)9-14(13)19)22-10-18(24)23-7-6-12-4-2-3-5-17(12)23/h2-5,8-9,11,22H,6-7,10H2,1H3/p+1/t11-/m1/s1. The predicted octanol–water partition coefficient (Wildman–Crippen LogP) is 3.35. The number of fused-ring (bicyclic) bond motifs is 1. The topological polar surface area (TPSA) is 36.9 Å². The molecule has 1 atom stereocenters. The first-order chi connectivity index (χ1) is 11.5. The lowest BCUT2D eigenvalue weighted by atomic mass is 10.1. The molecule has 0 unspecified atom stereocenters. The number of nitrogens with zero attached hydrogens (tertiary/aromatic N) is 1. The number of nitrogens with two attached hydrogens (primary N) is 1. The number of benzene rings is 2. The molecule has 3 nitrogen and oxygen atoms in total. The molecule has 3 rings (SSSR count). The fourth-order valence-electron chi connectivity index (χ4n) is 3.00. The maximum Gasteiger partial charge on any atom is 0.282 e. The molecule has 0 spiro atoms. The highest BCUT2D eigenvalue weighted by molar-refractivity contribution is 6.35. The summed E-state index contributed by atoms with van der Waals surface area (Å²) in [5.74, 6) is -0.464. The highest BCUT2D eigenvalue weighted by atomic mass is 35.5. The van der Waals surface area contributed by atoms with Gasteiger partial charge < -0.3 is 10.2 Å². The molecule has 24 heavy (non-hydrogen) atoms. The summed E-state index contributed by atoms with van der Waals surface area (Å²) in [4.78, 5) is 14.3. The van der Waals surface area contributed by atoms with Crippen molar-refractivity contribution >= 4 is 34.8 Å². The van der Waals surface area contributed by atoms with Crippen molar-refractivity contribution in [1.29, 1.82) is 0 Å². The summed E-state index contributed by atoms with van der Waals surface area (Å²) in [5.41, 5.74) is 2.81. The molecule has 1 heterocycles. The van der Waals surface area contributed by atoms with Gasteiger partial charge in [-0.2, -0.15) is 0 Å². The summed E-state index contributed by atoms with van der Waals surface area (Å²) >= 11 is 11.9. The monoisotopic (exact) mass is 367 g/mol. The van der Waals surface area contributed by atoms with E-state index < -0.39 is 5.82 Å². The third-order valence-electron chi connectivity index (χ3n) is 4.36. The van der Waals surface area contributed by atoms with Crippen molar-refractivity contribution < 1.29 is 14.5 Å². The Kier molecular flexibility index (Phi) is 5.09. The fraction of sp³-hybridized carbons (Fsp3) is 0.278. The third-order valence-corrected chi connectivity index (χ3v) is 4.98. The lowest BCUT2D eigenvalue weighted by Crippen LogP contribution is -2.87. The van der Waals surface area contributed by atoms with Crippen LogP contribution in [0.25, 0.3) is 0 Å². The molecule has 0 saturated heterocycles. The highest BCUT2D eigenvalue weighted by Gasteiger charge is 2.26. The second-order valence-electron chi connectivity index (χ2n) is 5.94. The minimum atomic E-state index is -0.504. The van der Waals surface area contributed by atoms with E-state index >= 15 is 0 Å². The van der Waals surface area contributed by atoms with Crippen molar-refractivity contribution in [3.8, 4) is 0 Å². The lowest BCUT2D eigenvalue weighted by molar-refractivity contribution is -0.682. The average Bonchev–Trinajstić information content (AvgIpc) is 3.00. The molecule has 0 saturated carbocycles. The maximum atomic E-state index is 13.6. The van der Waals surface area contributed by atoms with E-state index in [1.54, 1.807) is 0 Å². The molecular weight excluding hydrogens is 350 g/mol. The molecule has 0 fully saturated rings. The van der Waals surface area contributed by atoms with Gasteiger partial charge in [-0.15, -0.1) is 0 Å². The number of hydrogen-bond acceptors (Lipinski definition) is 1. The Hall–Kier alpha value is -1.62. The van der Waals surface area contributed by atoms with Crippen molar-refractivity contribution in [2.75, 3.05) is 18.0 Å². The quantitative estimate of drug-likeness (QED) is 0.826. The molecule has 1 aliphatic rings. The van der Waals surface area contributed by atoms with Crippen LogP contribution in [0.2, 0.25) is 10.0 Å². The summed E-state index contributed by atoms with van der Waals surface area (Å²) in [6.07, 6.45) is 0.881. The average molecular weight is 368 g/mol. The Balaban J connectivity index is 1.66. The maximum absolute atomic E-state index is 13.6. The Morgan fingerprint density at radius 2 is 2.04 bits per heavy atom. The Bertz CT molecular complexity index is 782. The van der Waals surface area contributed by atoms with Crippen LogP contribution in [-0.2, 0) is 11.2 Å². The number of carbonyl (C=O) groups is 1. The van der Waals surface area contributed by atoms with Crippen molar-refractivity contribution in [2.45, 2.75) is 19.4 Å². The van der Waals surface area contributed by atoms with Crippen LogP contribution in [0.4, 0.5) is 10.1 Å². The van der Waals surface area contributed by atoms with Crippen molar-refractivity contribution in [3.63, 3.8) is 0 Å². The van der Waals surface area contributed by atoms with E-state index in [0.29, 0.717) is 17.1 Å². The number of quaternary nitrogens is 1. The molecule has 1 amide bonds. The summed E-state index contributed by atoms with van der Waals surface area (Å²) in [6, 6.07) is 10.5. The number of para-hydroxylation sites is 1. The van der Waals surface area contributed by atoms with Gasteiger partial charge in [-0.3, -0.25) is 4.79 Å². The molecule has 0 aromatic heterocycles. The normalized spacial score (nSPS) is 14.6. The van der Waals surface area contributed by atoms with Crippen LogP contribution in [0.3, 0.4) is 0 Å². The minimum absolute atomic E-state index is 0.000648. The first-order valence-electron chi connectivity index (χ1n) is 7.83. The molecule has 6 heteroatoms. The molecule has 2 aromatic rings. The lowest BCUT2D eigenvalue weighted by Gasteiger charge is -2.18. The van der Waals surface area contributed by atoms with E-state index in [-0.39, 0.29) is 23.5 Å². The van der Waals surface area contributed by atoms with E-state index in [2.05, 4.69) is 0 Å². The van der Waals surface area contributed by atoms with E-state index in [1.165, 1.54) is 17.7 Å². The number of halogens is 3. The number of carbonyl (C=O) groups excluding carboxylic acids is 1. The van der Waals surface area contributed by atoms with Crippen molar-refractivity contribution in [3.05, 3.63) is 63.4 Å². The number of anilines is 1. The highest BCUT2D eigenvalue weighted by Crippen LogP contribution is 2.28. The largest absolute Gasteiger partial charge is 0.332 e. The van der Waals surface area contributed by atoms with Crippen molar-refractivity contribution in [2.24, 2.45) is 0 Å². The van der Waals surface area contributed by atoms with Crippen LogP contribution >= 0.6 is 23.2 Å². The SMILES string of the molecule is C[C@@H]([NH2+]CC(=O)N1CCc2ccccc21)c1cc(F)c(Cl)cc1Cl. The molecule has 2 N–H and O–H groups in total. The second-order valence-corrected chi connectivity index (χ2v) is 6.75. The van der Waals surface area contributed by atoms with E-state index in [0.717, 1.165) is 12.1 Å². The van der Waals surface area contributed by atoms with Gasteiger partial charge in [0.05, 0.1) is 10.0 Å². The number of hydrogen-bond donors (Lipinski definition) is 1. The summed E-state index contributed by atoms with van der Waals surface area (Å²) in [5, 5.41) is 2.27. The first-order valence-corrected chi connectivity index (χ1v) is 8.59. The fourth-order valence-corrected chi connectivity index (χ4v) is 3.55. The van der Waals surface area contributed by atoms with Gasteiger partial charge in [0.1, 0.15) is 11.9 Å².